The first-order valence-corrected chi connectivity index (χ1v) is 4.94. The molecule has 0 saturated carbocycles. The average Bonchev–Trinajstić information content (AvgIpc) is 2.26. The number of hydrogen-bond donors (Lipinski definition) is 2. The number of benzene rings is 1. The minimum absolute atomic E-state index is 0.102. The highest BCUT2D eigenvalue weighted by Gasteiger charge is 2.09. The zero-order valence-electron chi connectivity index (χ0n) is 8.65. The van der Waals surface area contributed by atoms with E-state index in [1.807, 2.05) is 0 Å². The van der Waals surface area contributed by atoms with Crippen molar-refractivity contribution in [2.75, 3.05) is 18.5 Å². The van der Waals surface area contributed by atoms with Gasteiger partial charge in [-0.3, -0.25) is 10.1 Å². The van der Waals surface area contributed by atoms with E-state index in [1.54, 1.807) is 0 Å². The lowest BCUT2D eigenvalue weighted by Crippen LogP contribution is -2.04. The van der Waals surface area contributed by atoms with Crippen LogP contribution in [-0.4, -0.2) is 23.2 Å². The van der Waals surface area contributed by atoms with Gasteiger partial charge in [-0.15, -0.1) is 0 Å². The Bertz CT molecular complexity index is 371. The van der Waals surface area contributed by atoms with E-state index in [0.29, 0.717) is 19.4 Å². The molecular formula is C10H13FN2O3. The normalized spacial score (nSPS) is 10.1. The SMILES string of the molecule is O=[N+]([O-])c1ccc(NCCCCO)c(F)c1. The van der Waals surface area contributed by atoms with Crippen LogP contribution in [0.5, 0.6) is 0 Å². The number of anilines is 1. The Hall–Kier alpha value is -1.69. The summed E-state index contributed by atoms with van der Waals surface area (Å²) in [5, 5.41) is 21.7. The Morgan fingerprint density at radius 2 is 2.19 bits per heavy atom. The van der Waals surface area contributed by atoms with Gasteiger partial charge in [0.1, 0.15) is 0 Å². The summed E-state index contributed by atoms with van der Waals surface area (Å²) in [6.45, 7) is 0.625. The standard InChI is InChI=1S/C10H13FN2O3/c11-9-7-8(13(15)16)3-4-10(9)12-5-1-2-6-14/h3-4,7,12,14H,1-2,5-6H2. The zero-order chi connectivity index (χ0) is 12.0. The second kappa shape index (κ2) is 6.02. The van der Waals surface area contributed by atoms with Gasteiger partial charge in [-0.05, 0) is 18.9 Å². The Kier molecular flexibility index (Phi) is 4.65. The van der Waals surface area contributed by atoms with Crippen LogP contribution in [0.2, 0.25) is 0 Å². The topological polar surface area (TPSA) is 75.4 Å². The molecule has 0 fully saturated rings. The third-order valence-electron chi connectivity index (χ3n) is 2.06. The van der Waals surface area contributed by atoms with Crippen molar-refractivity contribution in [2.45, 2.75) is 12.8 Å². The van der Waals surface area contributed by atoms with Gasteiger partial charge in [0.05, 0.1) is 16.7 Å². The molecule has 0 atom stereocenters. The minimum atomic E-state index is -0.641. The van der Waals surface area contributed by atoms with Crippen molar-refractivity contribution in [1.29, 1.82) is 0 Å². The van der Waals surface area contributed by atoms with E-state index in [4.69, 9.17) is 5.11 Å². The molecule has 1 rings (SSSR count). The largest absolute Gasteiger partial charge is 0.396 e. The van der Waals surface area contributed by atoms with Crippen LogP contribution in [0.15, 0.2) is 18.2 Å². The Labute approximate surface area is 92.1 Å². The van der Waals surface area contributed by atoms with Crippen LogP contribution >= 0.6 is 0 Å². The van der Waals surface area contributed by atoms with Gasteiger partial charge in [0, 0.05) is 19.2 Å². The second-order valence-corrected chi connectivity index (χ2v) is 3.28. The highest BCUT2D eigenvalue weighted by molar-refractivity contribution is 5.49. The summed E-state index contributed by atoms with van der Waals surface area (Å²) in [7, 11) is 0. The molecule has 0 heterocycles. The number of unbranched alkanes of at least 4 members (excludes halogenated alkanes) is 1. The first-order chi connectivity index (χ1) is 7.65. The van der Waals surface area contributed by atoms with Crippen molar-refractivity contribution < 1.29 is 14.4 Å². The summed E-state index contributed by atoms with van der Waals surface area (Å²) in [5.74, 6) is -0.641. The fourth-order valence-electron chi connectivity index (χ4n) is 1.22. The monoisotopic (exact) mass is 228 g/mol. The van der Waals surface area contributed by atoms with Crippen molar-refractivity contribution >= 4 is 11.4 Å². The number of nitrogens with zero attached hydrogens (tertiary/aromatic N) is 1. The number of aliphatic hydroxyl groups excluding tert-OH is 1. The summed E-state index contributed by atoms with van der Waals surface area (Å²) in [5.41, 5.74) is -0.0260. The molecule has 0 saturated heterocycles. The molecule has 16 heavy (non-hydrogen) atoms. The van der Waals surface area contributed by atoms with E-state index >= 15 is 0 Å². The Balaban J connectivity index is 2.57. The molecule has 0 unspecified atom stereocenters. The van der Waals surface area contributed by atoms with Gasteiger partial charge in [-0.25, -0.2) is 4.39 Å². The number of aliphatic hydroxyl groups is 1. The van der Waals surface area contributed by atoms with Crippen LogP contribution in [0.3, 0.4) is 0 Å². The number of rotatable bonds is 6. The van der Waals surface area contributed by atoms with E-state index in [-0.39, 0.29) is 18.0 Å². The first kappa shape index (κ1) is 12.4. The van der Waals surface area contributed by atoms with E-state index < -0.39 is 10.7 Å². The summed E-state index contributed by atoms with van der Waals surface area (Å²) >= 11 is 0. The zero-order valence-corrected chi connectivity index (χ0v) is 8.65. The molecule has 6 heteroatoms. The van der Waals surface area contributed by atoms with Crippen molar-refractivity contribution in [2.24, 2.45) is 0 Å². The fourth-order valence-corrected chi connectivity index (χ4v) is 1.22. The van der Waals surface area contributed by atoms with Gasteiger partial charge in [0.2, 0.25) is 0 Å². The number of nitro benzene ring substituents is 1. The molecule has 0 amide bonds. The van der Waals surface area contributed by atoms with Crippen LogP contribution in [0, 0.1) is 15.9 Å². The van der Waals surface area contributed by atoms with E-state index in [1.165, 1.54) is 12.1 Å². The maximum absolute atomic E-state index is 13.3. The molecule has 0 aliphatic carbocycles. The minimum Gasteiger partial charge on any atom is -0.396 e. The highest BCUT2D eigenvalue weighted by atomic mass is 19.1. The van der Waals surface area contributed by atoms with Crippen LogP contribution in [0.25, 0.3) is 0 Å². The molecule has 0 radical (unpaired) electrons. The van der Waals surface area contributed by atoms with E-state index in [9.17, 15) is 14.5 Å². The lowest BCUT2D eigenvalue weighted by molar-refractivity contribution is -0.385. The third-order valence-corrected chi connectivity index (χ3v) is 2.06. The number of halogens is 1. The van der Waals surface area contributed by atoms with Crippen LogP contribution in [0.1, 0.15) is 12.8 Å². The number of hydrogen-bond acceptors (Lipinski definition) is 4. The van der Waals surface area contributed by atoms with Gasteiger partial charge in [0.15, 0.2) is 5.82 Å². The second-order valence-electron chi connectivity index (χ2n) is 3.28. The quantitative estimate of drug-likeness (QED) is 0.443. The van der Waals surface area contributed by atoms with Crippen molar-refractivity contribution in [3.63, 3.8) is 0 Å². The Morgan fingerprint density at radius 3 is 2.75 bits per heavy atom. The molecule has 0 aliphatic heterocycles. The summed E-state index contributed by atoms with van der Waals surface area (Å²) in [6.07, 6.45) is 1.36. The average molecular weight is 228 g/mol. The molecule has 0 spiro atoms. The lowest BCUT2D eigenvalue weighted by Gasteiger charge is -2.06. The van der Waals surface area contributed by atoms with Gasteiger partial charge in [0.25, 0.3) is 5.69 Å². The van der Waals surface area contributed by atoms with Gasteiger partial charge in [-0.1, -0.05) is 0 Å². The predicted molar refractivity (Wildman–Crippen MR) is 57.9 cm³/mol. The molecule has 0 bridgehead atoms. The summed E-state index contributed by atoms with van der Waals surface area (Å²) in [4.78, 5) is 9.71. The van der Waals surface area contributed by atoms with Crippen molar-refractivity contribution in [3.8, 4) is 0 Å². The molecular weight excluding hydrogens is 215 g/mol. The maximum atomic E-state index is 13.3. The van der Waals surface area contributed by atoms with E-state index in [2.05, 4.69) is 5.32 Å². The van der Waals surface area contributed by atoms with Crippen molar-refractivity contribution in [1.82, 2.24) is 0 Å². The molecule has 0 aliphatic rings. The van der Waals surface area contributed by atoms with Gasteiger partial charge < -0.3 is 10.4 Å². The molecule has 88 valence electrons. The number of nitrogens with one attached hydrogen (secondary N) is 1. The molecule has 0 aromatic heterocycles. The van der Waals surface area contributed by atoms with Gasteiger partial charge >= 0.3 is 0 Å². The summed E-state index contributed by atoms with van der Waals surface area (Å²) in [6, 6.07) is 3.47. The van der Waals surface area contributed by atoms with Crippen LogP contribution in [-0.2, 0) is 0 Å². The first-order valence-electron chi connectivity index (χ1n) is 4.94. The number of nitro groups is 1. The molecule has 2 N–H and O–H groups in total. The Morgan fingerprint density at radius 1 is 1.44 bits per heavy atom. The van der Waals surface area contributed by atoms with Crippen LogP contribution < -0.4 is 5.32 Å². The molecule has 1 aromatic carbocycles. The van der Waals surface area contributed by atoms with Crippen LogP contribution in [0.4, 0.5) is 15.8 Å². The molecule has 5 nitrogen and oxygen atoms in total. The fraction of sp³-hybridized carbons (Fsp3) is 0.400. The summed E-state index contributed by atoms with van der Waals surface area (Å²) < 4.78 is 13.3. The smallest absolute Gasteiger partial charge is 0.272 e. The lowest BCUT2D eigenvalue weighted by atomic mass is 10.2. The number of non-ortho nitro benzene ring substituents is 1. The van der Waals surface area contributed by atoms with Gasteiger partial charge in [-0.2, -0.15) is 0 Å². The third kappa shape index (κ3) is 3.47. The van der Waals surface area contributed by atoms with E-state index in [0.717, 1.165) is 6.07 Å². The predicted octanol–water partition coefficient (Wildman–Crippen LogP) is 1.92. The maximum Gasteiger partial charge on any atom is 0.272 e. The van der Waals surface area contributed by atoms with Crippen molar-refractivity contribution in [3.05, 3.63) is 34.1 Å². The highest BCUT2D eigenvalue weighted by Crippen LogP contribution is 2.20. The molecule has 1 aromatic rings.